The second-order valence-electron chi connectivity index (χ2n) is 5.55. The molecule has 0 aliphatic carbocycles. The van der Waals surface area contributed by atoms with Gasteiger partial charge >= 0.3 is 6.09 Å². The van der Waals surface area contributed by atoms with Gasteiger partial charge in [-0.15, -0.1) is 0 Å². The third-order valence-corrected chi connectivity index (χ3v) is 3.50. The van der Waals surface area contributed by atoms with Crippen LogP contribution in [0.25, 0.3) is 0 Å². The van der Waals surface area contributed by atoms with Gasteiger partial charge in [-0.05, 0) is 17.7 Å². The van der Waals surface area contributed by atoms with E-state index in [4.69, 9.17) is 9.84 Å². The van der Waals surface area contributed by atoms with Crippen molar-refractivity contribution in [2.24, 2.45) is 0 Å². The van der Waals surface area contributed by atoms with Crippen molar-refractivity contribution < 1.29 is 24.2 Å². The zero-order valence-electron chi connectivity index (χ0n) is 14.1. The number of carbonyl (C=O) groups excluding carboxylic acids is 2. The van der Waals surface area contributed by atoms with Crippen molar-refractivity contribution in [2.45, 2.75) is 12.5 Å². The largest absolute Gasteiger partial charge is 0.486 e. The summed E-state index contributed by atoms with van der Waals surface area (Å²) < 4.78 is 5.31. The van der Waals surface area contributed by atoms with Crippen LogP contribution in [0.1, 0.15) is 5.56 Å². The van der Waals surface area contributed by atoms with Crippen LogP contribution in [0.5, 0.6) is 5.75 Å². The highest BCUT2D eigenvalue weighted by atomic mass is 16.5. The predicted octanol–water partition coefficient (Wildman–Crippen LogP) is 1.63. The van der Waals surface area contributed by atoms with Crippen molar-refractivity contribution in [2.75, 3.05) is 13.2 Å². The lowest BCUT2D eigenvalue weighted by Gasteiger charge is -2.16. The molecular weight excluding hydrogens is 336 g/mol. The number of hydrogen-bond acceptors (Lipinski definition) is 4. The van der Waals surface area contributed by atoms with Crippen molar-refractivity contribution in [1.29, 1.82) is 0 Å². The van der Waals surface area contributed by atoms with Crippen molar-refractivity contribution in [3.8, 4) is 5.75 Å². The van der Waals surface area contributed by atoms with Gasteiger partial charge in [0.15, 0.2) is 5.78 Å². The average molecular weight is 356 g/mol. The Morgan fingerprint density at radius 1 is 0.962 bits per heavy atom. The Morgan fingerprint density at radius 3 is 2.19 bits per heavy atom. The number of rotatable bonds is 9. The summed E-state index contributed by atoms with van der Waals surface area (Å²) in [7, 11) is 0. The molecule has 0 aliphatic heterocycles. The van der Waals surface area contributed by atoms with Crippen molar-refractivity contribution in [1.82, 2.24) is 10.6 Å². The highest BCUT2D eigenvalue weighted by Crippen LogP contribution is 2.07. The van der Waals surface area contributed by atoms with Gasteiger partial charge in [-0.3, -0.25) is 9.59 Å². The molecular formula is C19H20N2O5. The maximum Gasteiger partial charge on any atom is 0.405 e. The maximum absolute atomic E-state index is 12.2. The summed E-state index contributed by atoms with van der Waals surface area (Å²) in [6, 6.07) is 16.9. The highest BCUT2D eigenvalue weighted by molar-refractivity contribution is 5.90. The molecule has 0 aliphatic rings. The Kier molecular flexibility index (Phi) is 7.17. The number of Topliss-reactive ketones (excluding diaryl/α,β-unsaturated/α-hetero) is 1. The molecule has 2 aromatic carbocycles. The molecule has 0 fully saturated rings. The summed E-state index contributed by atoms with van der Waals surface area (Å²) in [4.78, 5) is 35.0. The van der Waals surface area contributed by atoms with Gasteiger partial charge in [-0.25, -0.2) is 4.79 Å². The fourth-order valence-corrected chi connectivity index (χ4v) is 2.25. The molecule has 7 nitrogen and oxygen atoms in total. The number of hydrogen-bond donors (Lipinski definition) is 3. The first-order valence-electron chi connectivity index (χ1n) is 8.05. The van der Waals surface area contributed by atoms with Crippen LogP contribution in [0.15, 0.2) is 60.7 Å². The summed E-state index contributed by atoms with van der Waals surface area (Å²) in [5, 5.41) is 13.5. The summed E-state index contributed by atoms with van der Waals surface area (Å²) in [5.74, 6) is -0.332. The predicted molar refractivity (Wildman–Crippen MR) is 95.0 cm³/mol. The molecule has 2 amide bonds. The number of benzene rings is 2. The lowest BCUT2D eigenvalue weighted by molar-refractivity contribution is -0.127. The van der Waals surface area contributed by atoms with E-state index in [1.54, 1.807) is 48.5 Å². The van der Waals surface area contributed by atoms with E-state index in [2.05, 4.69) is 10.6 Å². The van der Waals surface area contributed by atoms with Crippen LogP contribution < -0.4 is 15.4 Å². The Hall–Kier alpha value is -3.35. The van der Waals surface area contributed by atoms with Gasteiger partial charge in [-0.1, -0.05) is 48.5 Å². The van der Waals surface area contributed by atoms with Crippen molar-refractivity contribution in [3.05, 3.63) is 66.2 Å². The molecule has 0 bridgehead atoms. The molecule has 0 saturated carbocycles. The van der Waals surface area contributed by atoms with Gasteiger partial charge in [-0.2, -0.15) is 0 Å². The zero-order valence-corrected chi connectivity index (χ0v) is 14.1. The second-order valence-corrected chi connectivity index (χ2v) is 5.55. The number of nitrogens with one attached hydrogen (secondary N) is 2. The number of carboxylic acid groups (broad SMARTS) is 1. The third-order valence-electron chi connectivity index (χ3n) is 3.50. The standard InChI is InChI=1S/C19H20N2O5/c22-15(13-26-16-9-5-2-6-10-16)12-20-18(23)17(21-19(24)25)11-14-7-3-1-4-8-14/h1-10,17,21H,11-13H2,(H,20,23)(H,24,25). The Bertz CT molecular complexity index is 734. The second kappa shape index (κ2) is 9.83. The molecule has 2 aromatic rings. The van der Waals surface area contributed by atoms with Gasteiger partial charge in [0.2, 0.25) is 5.91 Å². The maximum atomic E-state index is 12.2. The van der Waals surface area contributed by atoms with E-state index in [9.17, 15) is 14.4 Å². The van der Waals surface area contributed by atoms with Crippen LogP contribution in [-0.2, 0) is 16.0 Å². The molecule has 0 saturated heterocycles. The quantitative estimate of drug-likeness (QED) is 0.633. The minimum absolute atomic E-state index is 0.181. The molecule has 0 aromatic heterocycles. The van der Waals surface area contributed by atoms with Crippen LogP contribution in [0.2, 0.25) is 0 Å². The topological polar surface area (TPSA) is 105 Å². The van der Waals surface area contributed by atoms with Crippen molar-refractivity contribution in [3.63, 3.8) is 0 Å². The van der Waals surface area contributed by atoms with Crippen LogP contribution in [0.4, 0.5) is 4.79 Å². The Morgan fingerprint density at radius 2 is 1.58 bits per heavy atom. The van der Waals surface area contributed by atoms with E-state index < -0.39 is 18.0 Å². The van der Waals surface area contributed by atoms with E-state index in [0.717, 1.165) is 5.56 Å². The van der Waals surface area contributed by atoms with E-state index >= 15 is 0 Å². The van der Waals surface area contributed by atoms with Gasteiger partial charge < -0.3 is 20.5 Å². The first-order valence-corrected chi connectivity index (χ1v) is 8.05. The monoisotopic (exact) mass is 356 g/mol. The molecule has 7 heteroatoms. The van der Waals surface area contributed by atoms with Gasteiger partial charge in [0.25, 0.3) is 0 Å². The van der Waals surface area contributed by atoms with E-state index in [0.29, 0.717) is 5.75 Å². The molecule has 3 N–H and O–H groups in total. The first kappa shape index (κ1) is 19.0. The lowest BCUT2D eigenvalue weighted by atomic mass is 10.1. The minimum Gasteiger partial charge on any atom is -0.486 e. The fourth-order valence-electron chi connectivity index (χ4n) is 2.25. The van der Waals surface area contributed by atoms with Crippen LogP contribution in [0.3, 0.4) is 0 Å². The first-order chi connectivity index (χ1) is 12.5. The highest BCUT2D eigenvalue weighted by Gasteiger charge is 2.21. The zero-order chi connectivity index (χ0) is 18.8. The Balaban J connectivity index is 1.83. The fraction of sp³-hybridized carbons (Fsp3) is 0.211. The molecule has 0 spiro atoms. The lowest BCUT2D eigenvalue weighted by Crippen LogP contribution is -2.49. The molecule has 1 atom stereocenters. The smallest absolute Gasteiger partial charge is 0.405 e. The average Bonchev–Trinajstić information content (AvgIpc) is 2.65. The van der Waals surface area contributed by atoms with Gasteiger partial charge in [0.1, 0.15) is 18.4 Å². The number of carbonyl (C=O) groups is 3. The van der Waals surface area contributed by atoms with Crippen LogP contribution >= 0.6 is 0 Å². The van der Waals surface area contributed by atoms with E-state index in [1.165, 1.54) is 0 Å². The van der Waals surface area contributed by atoms with Crippen molar-refractivity contribution >= 4 is 17.8 Å². The summed E-state index contributed by atoms with van der Waals surface area (Å²) in [6.07, 6.45) is -1.12. The van der Waals surface area contributed by atoms with Gasteiger partial charge in [0, 0.05) is 6.42 Å². The number of para-hydroxylation sites is 1. The van der Waals surface area contributed by atoms with Crippen LogP contribution in [0, 0.1) is 0 Å². The summed E-state index contributed by atoms with van der Waals surface area (Å²) in [5.41, 5.74) is 0.806. The third kappa shape index (κ3) is 6.64. The molecule has 0 radical (unpaired) electrons. The molecule has 26 heavy (non-hydrogen) atoms. The summed E-state index contributed by atoms with van der Waals surface area (Å²) in [6.45, 7) is -0.418. The normalized spacial score (nSPS) is 11.2. The van der Waals surface area contributed by atoms with E-state index in [1.807, 2.05) is 12.1 Å². The number of amides is 2. The molecule has 2 rings (SSSR count). The van der Waals surface area contributed by atoms with Gasteiger partial charge in [0.05, 0.1) is 6.54 Å². The SMILES string of the molecule is O=C(CNC(=O)C(Cc1ccccc1)NC(=O)O)COc1ccccc1. The molecule has 136 valence electrons. The number of ketones is 1. The minimum atomic E-state index is -1.31. The number of ether oxygens (including phenoxy) is 1. The molecule has 0 heterocycles. The Labute approximate surface area is 151 Å². The molecule has 1 unspecified atom stereocenters. The summed E-state index contributed by atoms with van der Waals surface area (Å²) >= 11 is 0. The van der Waals surface area contributed by atoms with Crippen LogP contribution in [-0.4, -0.2) is 42.1 Å². The van der Waals surface area contributed by atoms with E-state index in [-0.39, 0.29) is 25.4 Å².